The fourth-order valence-corrected chi connectivity index (χ4v) is 3.10. The van der Waals surface area contributed by atoms with Gasteiger partial charge in [-0.1, -0.05) is 45.7 Å². The van der Waals surface area contributed by atoms with Crippen LogP contribution in [0.4, 0.5) is 5.69 Å². The summed E-state index contributed by atoms with van der Waals surface area (Å²) in [7, 11) is 0. The smallest absolute Gasteiger partial charge is 0.343 e. The zero-order valence-corrected chi connectivity index (χ0v) is 19.1. The third kappa shape index (κ3) is 6.86. The minimum Gasteiger partial charge on any atom is -0.477 e. The second kappa shape index (κ2) is 11.2. The Morgan fingerprint density at radius 2 is 1.82 bits per heavy atom. The molecule has 1 amide bonds. The van der Waals surface area contributed by atoms with Crippen LogP contribution in [-0.4, -0.2) is 29.6 Å². The van der Waals surface area contributed by atoms with Crippen molar-refractivity contribution in [3.8, 4) is 11.5 Å². The summed E-state index contributed by atoms with van der Waals surface area (Å²) in [5.74, 6) is -1.08. The van der Waals surface area contributed by atoms with Gasteiger partial charge in [0.2, 0.25) is 0 Å². The molecule has 3 rings (SSSR count). The number of nitrogens with zero attached hydrogens (tertiary/aromatic N) is 2. The maximum Gasteiger partial charge on any atom is 0.343 e. The first-order chi connectivity index (χ1) is 15.8. The molecule has 3 aromatic rings. The molecule has 9 nitrogen and oxygen atoms in total. The number of nitro benzene ring substituents is 1. The van der Waals surface area contributed by atoms with Gasteiger partial charge in [0.25, 0.3) is 5.91 Å². The number of benzene rings is 3. The summed E-state index contributed by atoms with van der Waals surface area (Å²) in [5, 5.41) is 15.1. The maximum absolute atomic E-state index is 12.3. The van der Waals surface area contributed by atoms with Crippen molar-refractivity contribution < 1.29 is 24.0 Å². The van der Waals surface area contributed by atoms with Gasteiger partial charge in [0.05, 0.1) is 16.7 Å². The van der Waals surface area contributed by atoms with Gasteiger partial charge < -0.3 is 9.47 Å². The van der Waals surface area contributed by atoms with Gasteiger partial charge in [0.15, 0.2) is 12.4 Å². The Morgan fingerprint density at radius 1 is 1.09 bits per heavy atom. The second-order valence-electron chi connectivity index (χ2n) is 6.39. The van der Waals surface area contributed by atoms with Gasteiger partial charge in [0, 0.05) is 21.1 Å². The molecule has 1 N–H and O–H groups in total. The van der Waals surface area contributed by atoms with Crippen LogP contribution in [0.2, 0.25) is 5.02 Å². The van der Waals surface area contributed by atoms with Gasteiger partial charge in [-0.25, -0.2) is 10.2 Å². The standard InChI is InChI=1S/C22H15BrClN3O6/c23-16-6-8-19(33-22(29)14-4-2-1-3-5-14)15(10-16)12-25-26-21(28)13-32-20-9-7-17(24)11-18(20)27(30)31/h1-12H,13H2,(H,26,28). The number of nitrogens with one attached hydrogen (secondary N) is 1. The Kier molecular flexibility index (Phi) is 8.11. The van der Waals surface area contributed by atoms with E-state index >= 15 is 0 Å². The Labute approximate surface area is 201 Å². The molecule has 11 heteroatoms. The number of ether oxygens (including phenoxy) is 2. The molecule has 0 unspecified atom stereocenters. The first kappa shape index (κ1) is 23.9. The van der Waals surface area contributed by atoms with E-state index in [1.54, 1.807) is 48.5 Å². The lowest BCUT2D eigenvalue weighted by molar-refractivity contribution is -0.385. The highest BCUT2D eigenvalue weighted by atomic mass is 79.9. The zero-order chi connectivity index (χ0) is 23.8. The van der Waals surface area contributed by atoms with Gasteiger partial charge in [-0.3, -0.25) is 14.9 Å². The van der Waals surface area contributed by atoms with E-state index in [1.807, 2.05) is 0 Å². The van der Waals surface area contributed by atoms with Gasteiger partial charge in [-0.15, -0.1) is 0 Å². The van der Waals surface area contributed by atoms with E-state index in [4.69, 9.17) is 21.1 Å². The molecule has 3 aromatic carbocycles. The van der Waals surface area contributed by atoms with Crippen LogP contribution >= 0.6 is 27.5 Å². The van der Waals surface area contributed by atoms with Crippen molar-refractivity contribution in [2.75, 3.05) is 6.61 Å². The number of hydrogen-bond acceptors (Lipinski definition) is 7. The van der Waals surface area contributed by atoms with Crippen molar-refractivity contribution in [2.45, 2.75) is 0 Å². The number of amides is 1. The van der Waals surface area contributed by atoms with Crippen molar-refractivity contribution in [3.05, 3.63) is 97.5 Å². The molecule has 0 saturated heterocycles. The van der Waals surface area contributed by atoms with Crippen LogP contribution in [0.5, 0.6) is 11.5 Å². The Hall–Kier alpha value is -3.76. The number of nitro groups is 1. The molecular formula is C22H15BrClN3O6. The van der Waals surface area contributed by atoms with Crippen LogP contribution < -0.4 is 14.9 Å². The number of hydrazone groups is 1. The fraction of sp³-hybridized carbons (Fsp3) is 0.0455. The quantitative estimate of drug-likeness (QED) is 0.147. The van der Waals surface area contributed by atoms with Crippen LogP contribution in [0.3, 0.4) is 0 Å². The minimum absolute atomic E-state index is 0.106. The van der Waals surface area contributed by atoms with E-state index in [-0.39, 0.29) is 22.2 Å². The van der Waals surface area contributed by atoms with Crippen molar-refractivity contribution in [1.29, 1.82) is 0 Å². The molecule has 0 aromatic heterocycles. The summed E-state index contributed by atoms with van der Waals surface area (Å²) in [4.78, 5) is 34.8. The lowest BCUT2D eigenvalue weighted by Gasteiger charge is -2.08. The normalized spacial score (nSPS) is 10.6. The molecule has 0 atom stereocenters. The second-order valence-corrected chi connectivity index (χ2v) is 7.74. The number of esters is 1. The van der Waals surface area contributed by atoms with E-state index in [2.05, 4.69) is 26.5 Å². The SMILES string of the molecule is O=C(COc1ccc(Cl)cc1[N+](=O)[O-])NN=Cc1cc(Br)ccc1OC(=O)c1ccccc1. The predicted octanol–water partition coefficient (Wildman–Crippen LogP) is 4.76. The first-order valence-electron chi connectivity index (χ1n) is 9.29. The average molecular weight is 533 g/mol. The molecule has 0 saturated carbocycles. The molecule has 0 spiro atoms. The van der Waals surface area contributed by atoms with Crippen LogP contribution in [0.25, 0.3) is 0 Å². The Morgan fingerprint density at radius 3 is 2.55 bits per heavy atom. The van der Waals surface area contributed by atoms with Crippen molar-refractivity contribution in [3.63, 3.8) is 0 Å². The van der Waals surface area contributed by atoms with Gasteiger partial charge >= 0.3 is 11.7 Å². The highest BCUT2D eigenvalue weighted by molar-refractivity contribution is 9.10. The molecule has 0 fully saturated rings. The third-order valence-electron chi connectivity index (χ3n) is 4.05. The molecule has 0 aliphatic heterocycles. The maximum atomic E-state index is 12.3. The van der Waals surface area contributed by atoms with Crippen LogP contribution in [0, 0.1) is 10.1 Å². The van der Waals surface area contributed by atoms with Crippen molar-refractivity contribution >= 4 is 51.3 Å². The number of carbonyl (C=O) groups is 2. The van der Waals surface area contributed by atoms with E-state index in [9.17, 15) is 19.7 Å². The summed E-state index contributed by atoms with van der Waals surface area (Å²) in [6.07, 6.45) is 1.29. The number of halogens is 2. The lowest BCUT2D eigenvalue weighted by atomic mass is 10.2. The van der Waals surface area contributed by atoms with E-state index in [1.165, 1.54) is 18.3 Å². The molecule has 33 heavy (non-hydrogen) atoms. The van der Waals surface area contributed by atoms with E-state index in [0.29, 0.717) is 15.6 Å². The monoisotopic (exact) mass is 531 g/mol. The zero-order valence-electron chi connectivity index (χ0n) is 16.7. The number of rotatable bonds is 8. The van der Waals surface area contributed by atoms with Crippen LogP contribution in [-0.2, 0) is 4.79 Å². The van der Waals surface area contributed by atoms with Gasteiger partial charge in [-0.05, 0) is 42.5 Å². The summed E-state index contributed by atoms with van der Waals surface area (Å²) in [6.45, 7) is -0.520. The summed E-state index contributed by atoms with van der Waals surface area (Å²) >= 11 is 9.08. The van der Waals surface area contributed by atoms with Crippen LogP contribution in [0.1, 0.15) is 15.9 Å². The lowest BCUT2D eigenvalue weighted by Crippen LogP contribution is -2.24. The molecule has 0 radical (unpaired) electrons. The van der Waals surface area contributed by atoms with Gasteiger partial charge in [0.1, 0.15) is 5.75 Å². The third-order valence-corrected chi connectivity index (χ3v) is 4.78. The molecular weight excluding hydrogens is 518 g/mol. The van der Waals surface area contributed by atoms with Crippen LogP contribution in [0.15, 0.2) is 76.3 Å². The topological polar surface area (TPSA) is 120 Å². The van der Waals surface area contributed by atoms with Crippen molar-refractivity contribution in [2.24, 2.45) is 5.10 Å². The molecule has 168 valence electrons. The highest BCUT2D eigenvalue weighted by Gasteiger charge is 2.17. The minimum atomic E-state index is -0.664. The highest BCUT2D eigenvalue weighted by Crippen LogP contribution is 2.29. The summed E-state index contributed by atoms with van der Waals surface area (Å²) < 4.78 is 11.3. The first-order valence-corrected chi connectivity index (χ1v) is 10.5. The Bertz CT molecular complexity index is 1220. The average Bonchev–Trinajstić information content (AvgIpc) is 2.80. The van der Waals surface area contributed by atoms with Gasteiger partial charge in [-0.2, -0.15) is 5.10 Å². The molecule has 0 heterocycles. The summed E-state index contributed by atoms with van der Waals surface area (Å²) in [5.41, 5.74) is 2.68. The predicted molar refractivity (Wildman–Crippen MR) is 125 cm³/mol. The van der Waals surface area contributed by atoms with Crippen molar-refractivity contribution in [1.82, 2.24) is 5.43 Å². The largest absolute Gasteiger partial charge is 0.477 e. The molecule has 0 aliphatic rings. The number of hydrogen-bond donors (Lipinski definition) is 1. The van der Waals surface area contributed by atoms with E-state index < -0.39 is 23.4 Å². The fourth-order valence-electron chi connectivity index (χ4n) is 2.55. The Balaban J connectivity index is 1.63. The number of carbonyl (C=O) groups excluding carboxylic acids is 2. The molecule has 0 aliphatic carbocycles. The summed E-state index contributed by atoms with van der Waals surface area (Å²) in [6, 6.07) is 17.2. The van der Waals surface area contributed by atoms with E-state index in [0.717, 1.165) is 6.07 Å². The molecule has 0 bridgehead atoms.